The van der Waals surface area contributed by atoms with Crippen LogP contribution in [0.2, 0.25) is 0 Å². The Hall–Kier alpha value is -1.58. The van der Waals surface area contributed by atoms with Crippen molar-refractivity contribution in [1.29, 1.82) is 0 Å². The Bertz CT molecular complexity index is 394. The molecule has 0 aliphatic heterocycles. The van der Waals surface area contributed by atoms with Gasteiger partial charge in [0.05, 0.1) is 0 Å². The number of rotatable bonds is 2. The van der Waals surface area contributed by atoms with Crippen LogP contribution in [-0.4, -0.2) is 23.2 Å². The van der Waals surface area contributed by atoms with Gasteiger partial charge in [0.15, 0.2) is 0 Å². The summed E-state index contributed by atoms with van der Waals surface area (Å²) in [7, 11) is 0. The summed E-state index contributed by atoms with van der Waals surface area (Å²) in [4.78, 5) is 11.7. The summed E-state index contributed by atoms with van der Waals surface area (Å²) in [6.45, 7) is 0. The summed E-state index contributed by atoms with van der Waals surface area (Å²) in [6.07, 6.45) is 0.802. The highest BCUT2D eigenvalue weighted by molar-refractivity contribution is 5.94. The van der Waals surface area contributed by atoms with Crippen molar-refractivity contribution in [3.63, 3.8) is 0 Å². The molecule has 1 aromatic rings. The zero-order valence-corrected chi connectivity index (χ0v) is 8.82. The van der Waals surface area contributed by atoms with E-state index in [1.165, 1.54) is 12.1 Å². The van der Waals surface area contributed by atoms with E-state index < -0.39 is 6.17 Å². The third-order valence-electron chi connectivity index (χ3n) is 2.81. The normalized spacial score (nSPS) is 24.3. The molecule has 2 rings (SSSR count). The Kier molecular flexibility index (Phi) is 3.08. The SMILES string of the molecule is O=C(N[C@H]1CC[C@H](F)C1)c1cccc(O)c1. The summed E-state index contributed by atoms with van der Waals surface area (Å²) in [5, 5.41) is 12.0. The van der Waals surface area contributed by atoms with Gasteiger partial charge in [0.25, 0.3) is 5.91 Å². The Morgan fingerprint density at radius 2 is 2.25 bits per heavy atom. The zero-order chi connectivity index (χ0) is 11.5. The van der Waals surface area contributed by atoms with Crippen molar-refractivity contribution in [2.45, 2.75) is 31.5 Å². The number of hydrogen-bond donors (Lipinski definition) is 2. The maximum Gasteiger partial charge on any atom is 0.251 e. The Morgan fingerprint density at radius 1 is 1.44 bits per heavy atom. The van der Waals surface area contributed by atoms with Crippen LogP contribution in [0.25, 0.3) is 0 Å². The highest BCUT2D eigenvalue weighted by Gasteiger charge is 2.25. The molecule has 1 aliphatic carbocycles. The van der Waals surface area contributed by atoms with Gasteiger partial charge in [0.2, 0.25) is 0 Å². The first-order chi connectivity index (χ1) is 7.65. The van der Waals surface area contributed by atoms with Gasteiger partial charge in [0, 0.05) is 11.6 Å². The molecule has 3 nitrogen and oxygen atoms in total. The summed E-state index contributed by atoms with van der Waals surface area (Å²) < 4.78 is 12.9. The summed E-state index contributed by atoms with van der Waals surface area (Å²) in [5.74, 6) is -0.197. The molecule has 4 heteroatoms. The van der Waals surface area contributed by atoms with Crippen LogP contribution in [0.3, 0.4) is 0 Å². The molecule has 1 saturated carbocycles. The molecule has 1 fully saturated rings. The molecule has 2 atom stereocenters. The standard InChI is InChI=1S/C12H14FNO2/c13-9-4-5-10(7-9)14-12(16)8-2-1-3-11(15)6-8/h1-3,6,9-10,15H,4-5,7H2,(H,14,16)/t9-,10-/m0/s1. The van der Waals surface area contributed by atoms with Gasteiger partial charge in [0.1, 0.15) is 11.9 Å². The maximum absolute atomic E-state index is 12.9. The number of halogens is 1. The first-order valence-electron chi connectivity index (χ1n) is 5.39. The van der Waals surface area contributed by atoms with E-state index in [0.29, 0.717) is 24.8 Å². The molecular formula is C12H14FNO2. The monoisotopic (exact) mass is 223 g/mol. The zero-order valence-electron chi connectivity index (χ0n) is 8.82. The summed E-state index contributed by atoms with van der Waals surface area (Å²) in [5.41, 5.74) is 0.405. The number of alkyl halides is 1. The second-order valence-electron chi connectivity index (χ2n) is 4.13. The van der Waals surface area contributed by atoms with Crippen molar-refractivity contribution >= 4 is 5.91 Å². The average molecular weight is 223 g/mol. The number of amides is 1. The summed E-state index contributed by atoms with van der Waals surface area (Å²) >= 11 is 0. The van der Waals surface area contributed by atoms with Crippen molar-refractivity contribution in [1.82, 2.24) is 5.32 Å². The van der Waals surface area contributed by atoms with Crippen LogP contribution in [0.1, 0.15) is 29.6 Å². The second-order valence-corrected chi connectivity index (χ2v) is 4.13. The molecule has 1 amide bonds. The molecule has 0 saturated heterocycles. The van der Waals surface area contributed by atoms with Crippen molar-refractivity contribution in [3.8, 4) is 5.75 Å². The second kappa shape index (κ2) is 4.51. The first-order valence-corrected chi connectivity index (χ1v) is 5.39. The van der Waals surface area contributed by atoms with Gasteiger partial charge in [-0.15, -0.1) is 0 Å². The van der Waals surface area contributed by atoms with Crippen molar-refractivity contribution < 1.29 is 14.3 Å². The van der Waals surface area contributed by atoms with Gasteiger partial charge in [-0.1, -0.05) is 6.07 Å². The Morgan fingerprint density at radius 3 is 2.88 bits per heavy atom. The number of phenols is 1. The number of carbonyl (C=O) groups excluding carboxylic acids is 1. The lowest BCUT2D eigenvalue weighted by Gasteiger charge is -2.11. The fraction of sp³-hybridized carbons (Fsp3) is 0.417. The molecule has 86 valence electrons. The molecule has 0 aromatic heterocycles. The molecule has 0 unspecified atom stereocenters. The molecule has 0 radical (unpaired) electrons. The van der Waals surface area contributed by atoms with Crippen LogP contribution >= 0.6 is 0 Å². The van der Waals surface area contributed by atoms with Gasteiger partial charge in [-0.25, -0.2) is 4.39 Å². The van der Waals surface area contributed by atoms with E-state index in [-0.39, 0.29) is 17.7 Å². The highest BCUT2D eigenvalue weighted by Crippen LogP contribution is 2.22. The van der Waals surface area contributed by atoms with Gasteiger partial charge >= 0.3 is 0 Å². The predicted molar refractivity (Wildman–Crippen MR) is 58.1 cm³/mol. The lowest BCUT2D eigenvalue weighted by atomic mass is 10.1. The molecule has 2 N–H and O–H groups in total. The molecule has 1 aliphatic rings. The Balaban J connectivity index is 1.98. The smallest absolute Gasteiger partial charge is 0.251 e. The summed E-state index contributed by atoms with van der Waals surface area (Å²) in [6, 6.07) is 6.06. The maximum atomic E-state index is 12.9. The fourth-order valence-corrected chi connectivity index (χ4v) is 1.97. The van der Waals surface area contributed by atoms with Crippen LogP contribution < -0.4 is 5.32 Å². The molecule has 16 heavy (non-hydrogen) atoms. The average Bonchev–Trinajstić information content (AvgIpc) is 2.64. The molecule has 0 heterocycles. The van der Waals surface area contributed by atoms with Crippen LogP contribution in [0, 0.1) is 0 Å². The molecular weight excluding hydrogens is 209 g/mol. The quantitative estimate of drug-likeness (QED) is 0.805. The third kappa shape index (κ3) is 2.51. The first kappa shape index (κ1) is 10.9. The van der Waals surface area contributed by atoms with Gasteiger partial charge < -0.3 is 10.4 Å². The van der Waals surface area contributed by atoms with Crippen molar-refractivity contribution in [2.75, 3.05) is 0 Å². The Labute approximate surface area is 93.3 Å². The third-order valence-corrected chi connectivity index (χ3v) is 2.81. The van der Waals surface area contributed by atoms with E-state index >= 15 is 0 Å². The van der Waals surface area contributed by atoms with E-state index in [1.807, 2.05) is 0 Å². The van der Waals surface area contributed by atoms with E-state index in [0.717, 1.165) is 0 Å². The van der Waals surface area contributed by atoms with E-state index in [9.17, 15) is 14.3 Å². The van der Waals surface area contributed by atoms with Crippen LogP contribution in [0.5, 0.6) is 5.75 Å². The van der Waals surface area contributed by atoms with E-state index in [4.69, 9.17) is 0 Å². The number of carbonyl (C=O) groups is 1. The van der Waals surface area contributed by atoms with Crippen molar-refractivity contribution in [3.05, 3.63) is 29.8 Å². The van der Waals surface area contributed by atoms with Crippen molar-refractivity contribution in [2.24, 2.45) is 0 Å². The molecule has 0 spiro atoms. The van der Waals surface area contributed by atoms with Gasteiger partial charge in [-0.2, -0.15) is 0 Å². The number of benzene rings is 1. The van der Waals surface area contributed by atoms with Gasteiger partial charge in [-0.05, 0) is 37.5 Å². The molecule has 0 bridgehead atoms. The largest absolute Gasteiger partial charge is 0.508 e. The highest BCUT2D eigenvalue weighted by atomic mass is 19.1. The minimum Gasteiger partial charge on any atom is -0.508 e. The lowest BCUT2D eigenvalue weighted by molar-refractivity contribution is 0.0936. The number of nitrogens with one attached hydrogen (secondary N) is 1. The predicted octanol–water partition coefficient (Wildman–Crippen LogP) is 2.01. The molecule has 1 aromatic carbocycles. The minimum absolute atomic E-state index is 0.0578. The van der Waals surface area contributed by atoms with E-state index in [2.05, 4.69) is 5.32 Å². The fourth-order valence-electron chi connectivity index (χ4n) is 1.97. The van der Waals surface area contributed by atoms with Crippen LogP contribution in [-0.2, 0) is 0 Å². The van der Waals surface area contributed by atoms with Crippen LogP contribution in [0.4, 0.5) is 4.39 Å². The minimum atomic E-state index is -0.797. The number of hydrogen-bond acceptors (Lipinski definition) is 2. The van der Waals surface area contributed by atoms with Crippen LogP contribution in [0.15, 0.2) is 24.3 Å². The topological polar surface area (TPSA) is 49.3 Å². The number of aromatic hydroxyl groups is 1. The van der Waals surface area contributed by atoms with Gasteiger partial charge in [-0.3, -0.25) is 4.79 Å². The van der Waals surface area contributed by atoms with E-state index in [1.54, 1.807) is 12.1 Å². The number of phenolic OH excluding ortho intramolecular Hbond substituents is 1. The lowest BCUT2D eigenvalue weighted by Crippen LogP contribution is -2.32.